The highest BCUT2D eigenvalue weighted by Gasteiger charge is 2.24. The Morgan fingerprint density at radius 3 is 2.38 bits per heavy atom. The van der Waals surface area contributed by atoms with Crippen LogP contribution >= 0.6 is 11.6 Å². The van der Waals surface area contributed by atoms with Crippen molar-refractivity contribution < 1.29 is 0 Å². The fraction of sp³-hybridized carbons (Fsp3) is 0.500. The first-order chi connectivity index (χ1) is 12.3. The van der Waals surface area contributed by atoms with Gasteiger partial charge in [-0.3, -0.25) is 9.69 Å². The van der Waals surface area contributed by atoms with Gasteiger partial charge in [-0.05, 0) is 38.8 Å². The molecule has 6 heteroatoms. The van der Waals surface area contributed by atoms with E-state index in [4.69, 9.17) is 11.6 Å². The van der Waals surface area contributed by atoms with E-state index in [1.54, 1.807) is 6.20 Å². The van der Waals surface area contributed by atoms with Crippen molar-refractivity contribution in [3.05, 3.63) is 57.0 Å². The second-order valence-corrected chi connectivity index (χ2v) is 8.30. The SMILES string of the molecule is Cc1ccccc1CN1CCN(c2cnn(C(C)(C)C)c(=O)c2Cl)CC1. The number of aryl methyl sites for hydroxylation is 1. The van der Waals surface area contributed by atoms with Crippen molar-refractivity contribution in [2.24, 2.45) is 0 Å². The zero-order valence-corrected chi connectivity index (χ0v) is 16.8. The Bertz CT molecular complexity index is 832. The summed E-state index contributed by atoms with van der Waals surface area (Å²) in [5.74, 6) is 0. The van der Waals surface area contributed by atoms with Crippen LogP contribution in [0.15, 0.2) is 35.3 Å². The third-order valence-corrected chi connectivity index (χ3v) is 5.26. The number of halogens is 1. The van der Waals surface area contributed by atoms with Crippen molar-refractivity contribution >= 4 is 17.3 Å². The van der Waals surface area contributed by atoms with E-state index in [1.165, 1.54) is 15.8 Å². The Morgan fingerprint density at radius 1 is 1.12 bits per heavy atom. The molecule has 1 aromatic carbocycles. The number of hydrogen-bond donors (Lipinski definition) is 0. The largest absolute Gasteiger partial charge is 0.366 e. The van der Waals surface area contributed by atoms with Gasteiger partial charge in [-0.15, -0.1) is 0 Å². The Morgan fingerprint density at radius 2 is 1.77 bits per heavy atom. The van der Waals surface area contributed by atoms with Crippen molar-refractivity contribution in [2.75, 3.05) is 31.1 Å². The van der Waals surface area contributed by atoms with E-state index in [9.17, 15) is 4.79 Å². The lowest BCUT2D eigenvalue weighted by molar-refractivity contribution is 0.249. The Labute approximate surface area is 160 Å². The predicted molar refractivity (Wildman–Crippen MR) is 107 cm³/mol. The molecule has 0 atom stereocenters. The molecule has 2 aromatic rings. The molecular weight excluding hydrogens is 348 g/mol. The highest BCUT2D eigenvalue weighted by Crippen LogP contribution is 2.24. The van der Waals surface area contributed by atoms with Crippen LogP contribution in [0, 0.1) is 6.92 Å². The lowest BCUT2D eigenvalue weighted by Crippen LogP contribution is -2.47. The normalized spacial score (nSPS) is 16.1. The standard InChI is InChI=1S/C20H27ClN4O/c1-15-7-5-6-8-16(15)14-23-9-11-24(12-10-23)17-13-22-25(20(2,3)4)19(26)18(17)21/h5-8,13H,9-12,14H2,1-4H3. The number of hydrogen-bond acceptors (Lipinski definition) is 4. The van der Waals surface area contributed by atoms with Crippen LogP contribution in [0.5, 0.6) is 0 Å². The van der Waals surface area contributed by atoms with Crippen molar-refractivity contribution in [3.63, 3.8) is 0 Å². The third kappa shape index (κ3) is 3.94. The maximum absolute atomic E-state index is 12.6. The first-order valence-corrected chi connectivity index (χ1v) is 9.45. The van der Waals surface area contributed by atoms with Crippen LogP contribution < -0.4 is 10.5 Å². The fourth-order valence-corrected chi connectivity index (χ4v) is 3.55. The van der Waals surface area contributed by atoms with E-state index in [0.29, 0.717) is 0 Å². The minimum Gasteiger partial charge on any atom is -0.366 e. The van der Waals surface area contributed by atoms with Crippen LogP contribution in [-0.2, 0) is 12.1 Å². The van der Waals surface area contributed by atoms with Crippen molar-refractivity contribution in [1.29, 1.82) is 0 Å². The number of rotatable bonds is 3. The molecule has 0 N–H and O–H groups in total. The van der Waals surface area contributed by atoms with Crippen LogP contribution in [0.4, 0.5) is 5.69 Å². The summed E-state index contributed by atoms with van der Waals surface area (Å²) in [4.78, 5) is 17.2. The van der Waals surface area contributed by atoms with Crippen LogP contribution in [0.2, 0.25) is 5.02 Å². The molecule has 1 aromatic heterocycles. The summed E-state index contributed by atoms with van der Waals surface area (Å²) in [6.45, 7) is 12.5. The zero-order chi connectivity index (χ0) is 18.9. The summed E-state index contributed by atoms with van der Waals surface area (Å²) in [6, 6.07) is 8.51. The first kappa shape index (κ1) is 18.9. The maximum atomic E-state index is 12.6. The number of anilines is 1. The third-order valence-electron chi connectivity index (χ3n) is 4.90. The number of aromatic nitrogens is 2. The number of piperazine rings is 1. The van der Waals surface area contributed by atoms with Crippen molar-refractivity contribution in [2.45, 2.75) is 39.8 Å². The highest BCUT2D eigenvalue weighted by molar-refractivity contribution is 6.33. The smallest absolute Gasteiger partial charge is 0.288 e. The Kier molecular flexibility index (Phi) is 5.39. The lowest BCUT2D eigenvalue weighted by atomic mass is 10.1. The van der Waals surface area contributed by atoms with Gasteiger partial charge in [0, 0.05) is 32.7 Å². The van der Waals surface area contributed by atoms with E-state index in [2.05, 4.69) is 46.1 Å². The van der Waals surface area contributed by atoms with Crippen molar-refractivity contribution in [1.82, 2.24) is 14.7 Å². The minimum atomic E-state index is -0.383. The van der Waals surface area contributed by atoms with Gasteiger partial charge in [-0.2, -0.15) is 5.10 Å². The minimum absolute atomic E-state index is 0.223. The molecule has 1 fully saturated rings. The predicted octanol–water partition coefficient (Wildman–Crippen LogP) is 3.28. The number of benzene rings is 1. The summed E-state index contributed by atoms with van der Waals surface area (Å²) >= 11 is 6.40. The molecule has 0 spiro atoms. The van der Waals surface area contributed by atoms with E-state index in [-0.39, 0.29) is 16.1 Å². The van der Waals surface area contributed by atoms with E-state index in [0.717, 1.165) is 38.4 Å². The van der Waals surface area contributed by atoms with Gasteiger partial charge in [-0.1, -0.05) is 35.9 Å². The van der Waals surface area contributed by atoms with Gasteiger partial charge < -0.3 is 4.90 Å². The van der Waals surface area contributed by atoms with Crippen LogP contribution in [0.3, 0.4) is 0 Å². The first-order valence-electron chi connectivity index (χ1n) is 9.07. The van der Waals surface area contributed by atoms with Gasteiger partial charge in [0.25, 0.3) is 5.56 Å². The van der Waals surface area contributed by atoms with E-state index >= 15 is 0 Å². The van der Waals surface area contributed by atoms with E-state index in [1.807, 2.05) is 20.8 Å². The molecule has 0 aliphatic carbocycles. The molecule has 1 aliphatic rings. The monoisotopic (exact) mass is 374 g/mol. The Balaban J connectivity index is 1.70. The molecule has 1 aliphatic heterocycles. The van der Waals surface area contributed by atoms with Gasteiger partial charge in [0.15, 0.2) is 0 Å². The summed E-state index contributed by atoms with van der Waals surface area (Å²) in [5.41, 5.74) is 2.83. The summed E-state index contributed by atoms with van der Waals surface area (Å²) in [6.07, 6.45) is 1.73. The van der Waals surface area contributed by atoms with Gasteiger partial charge in [0.2, 0.25) is 0 Å². The molecule has 0 unspecified atom stereocenters. The molecule has 1 saturated heterocycles. The molecule has 5 nitrogen and oxygen atoms in total. The van der Waals surface area contributed by atoms with Crippen LogP contribution in [0.1, 0.15) is 31.9 Å². The fourth-order valence-electron chi connectivity index (χ4n) is 3.30. The maximum Gasteiger partial charge on any atom is 0.288 e. The van der Waals surface area contributed by atoms with Gasteiger partial charge in [0.1, 0.15) is 5.02 Å². The topological polar surface area (TPSA) is 41.4 Å². The molecule has 0 saturated carbocycles. The van der Waals surface area contributed by atoms with Gasteiger partial charge in [-0.25, -0.2) is 4.68 Å². The molecule has 3 rings (SSSR count). The summed E-state index contributed by atoms with van der Waals surface area (Å²) in [5, 5.41) is 4.61. The molecule has 0 amide bonds. The quantitative estimate of drug-likeness (QED) is 0.826. The van der Waals surface area contributed by atoms with Crippen molar-refractivity contribution in [3.8, 4) is 0 Å². The molecule has 2 heterocycles. The highest BCUT2D eigenvalue weighted by atomic mass is 35.5. The second-order valence-electron chi connectivity index (χ2n) is 7.92. The molecule has 0 radical (unpaired) electrons. The van der Waals surface area contributed by atoms with Gasteiger partial charge >= 0.3 is 0 Å². The summed E-state index contributed by atoms with van der Waals surface area (Å²) < 4.78 is 1.45. The van der Waals surface area contributed by atoms with Gasteiger partial charge in [0.05, 0.1) is 17.4 Å². The molecule has 26 heavy (non-hydrogen) atoms. The van der Waals surface area contributed by atoms with Crippen LogP contribution in [-0.4, -0.2) is 40.9 Å². The number of nitrogens with zero attached hydrogens (tertiary/aromatic N) is 4. The Hall–Kier alpha value is -1.85. The lowest BCUT2D eigenvalue weighted by Gasteiger charge is -2.36. The molecular formula is C20H27ClN4O. The average molecular weight is 375 g/mol. The zero-order valence-electron chi connectivity index (χ0n) is 16.0. The average Bonchev–Trinajstić information content (AvgIpc) is 2.59. The van der Waals surface area contributed by atoms with E-state index < -0.39 is 0 Å². The molecule has 0 bridgehead atoms. The molecule has 140 valence electrons. The second kappa shape index (κ2) is 7.41. The summed E-state index contributed by atoms with van der Waals surface area (Å²) in [7, 11) is 0. The van der Waals surface area contributed by atoms with Crippen LogP contribution in [0.25, 0.3) is 0 Å².